The fourth-order valence-corrected chi connectivity index (χ4v) is 0.958. The number of aromatic nitrogens is 4. The molecule has 2 heterocycles. The Balaban J connectivity index is 0.000000337. The molecule has 0 bridgehead atoms. The van der Waals surface area contributed by atoms with Crippen molar-refractivity contribution in [3.63, 3.8) is 0 Å². The Hall–Kier alpha value is -2.27. The van der Waals surface area contributed by atoms with E-state index >= 15 is 0 Å². The average molecular weight is 230 g/mol. The van der Waals surface area contributed by atoms with Gasteiger partial charge >= 0.3 is 23.2 Å². The van der Waals surface area contributed by atoms with Gasteiger partial charge in [0.1, 0.15) is 11.2 Å². The van der Waals surface area contributed by atoms with Crippen molar-refractivity contribution in [3.8, 4) is 0 Å². The maximum absolute atomic E-state index is 10.9. The quantitative estimate of drug-likeness (QED) is 0.447. The fourth-order valence-electron chi connectivity index (χ4n) is 0.958. The monoisotopic (exact) mass is 229 g/mol. The Morgan fingerprint density at radius 3 is 2.00 bits per heavy atom. The van der Waals surface area contributed by atoms with Crippen molar-refractivity contribution in [2.45, 2.75) is 0 Å². The average Bonchev–Trinajstić information content (AvgIpc) is 2.47. The molecule has 0 saturated heterocycles. The molecule has 4 N–H and O–H groups in total. The van der Waals surface area contributed by atoms with Gasteiger partial charge in [0.2, 0.25) is 0 Å². The molecule has 0 atom stereocenters. The first-order valence-corrected chi connectivity index (χ1v) is 3.84. The highest BCUT2D eigenvalue weighted by molar-refractivity contribution is 6.22. The molecule has 2 aromatic heterocycles. The number of hydrogen-bond donors (Lipinski definition) is 4. The van der Waals surface area contributed by atoms with E-state index in [1.54, 1.807) is 0 Å². The molecular weight excluding hydrogens is 226 g/mol. The highest BCUT2D eigenvalue weighted by atomic mass is 35.5. The number of halogens is 1. The number of aromatic amines is 4. The van der Waals surface area contributed by atoms with Gasteiger partial charge in [-0.1, -0.05) is 0 Å². The molecule has 2 aromatic rings. The molecule has 9 heteroatoms. The summed E-state index contributed by atoms with van der Waals surface area (Å²) < 4.78 is 2.22. The maximum Gasteiger partial charge on any atom is 0.372 e. The third-order valence-corrected chi connectivity index (χ3v) is 1.42. The zero-order valence-electron chi connectivity index (χ0n) is 7.05. The normalized spacial score (nSPS) is 9.07. The zero-order valence-corrected chi connectivity index (χ0v) is 7.81. The lowest BCUT2D eigenvalue weighted by atomic mass is 10.5. The van der Waals surface area contributed by atoms with Crippen LogP contribution < -0.4 is 16.9 Å². The third-order valence-electron chi connectivity index (χ3n) is 1.42. The van der Waals surface area contributed by atoms with Gasteiger partial charge in [0.25, 0.3) is 5.56 Å². The van der Waals surface area contributed by atoms with E-state index in [9.17, 15) is 14.4 Å². The number of hydrogen-bond acceptors (Lipinski definition) is 3. The first kappa shape index (κ1) is 10.8. The highest BCUT2D eigenvalue weighted by Crippen LogP contribution is 1.88. The van der Waals surface area contributed by atoms with Crippen molar-refractivity contribution in [2.75, 3.05) is 0 Å². The smallest absolute Gasteiger partial charge is 0.300 e. The van der Waals surface area contributed by atoms with Crippen LogP contribution in [0.5, 0.6) is 0 Å². The molecule has 0 aliphatic rings. The fraction of sp³-hybridized carbons (Fsp3) is 0. The van der Waals surface area contributed by atoms with Crippen LogP contribution in [0.4, 0.5) is 0 Å². The molecule has 0 saturated carbocycles. The van der Waals surface area contributed by atoms with Gasteiger partial charge in [-0.2, -0.15) is 10.9 Å². The molecule has 0 fully saturated rings. The van der Waals surface area contributed by atoms with Gasteiger partial charge in [0, 0.05) is 0 Å². The number of imidazole rings is 1. The van der Waals surface area contributed by atoms with E-state index < -0.39 is 16.9 Å². The van der Waals surface area contributed by atoms with Crippen molar-refractivity contribution in [1.29, 1.82) is 0 Å². The van der Waals surface area contributed by atoms with Crippen LogP contribution in [0.15, 0.2) is 14.4 Å². The molecule has 0 amide bonds. The van der Waals surface area contributed by atoms with Crippen molar-refractivity contribution < 1.29 is 0 Å². The van der Waals surface area contributed by atoms with Crippen LogP contribution in [0.25, 0.3) is 15.5 Å². The van der Waals surface area contributed by atoms with E-state index in [-0.39, 0.29) is 11.2 Å². The lowest BCUT2D eigenvalue weighted by Crippen LogP contribution is -2.21. The minimum Gasteiger partial charge on any atom is -0.300 e. The maximum atomic E-state index is 10.9. The lowest BCUT2D eigenvalue weighted by Gasteiger charge is -1.83. The predicted octanol–water partition coefficient (Wildman–Crippen LogP) is -0.708. The molecule has 0 unspecified atom stereocenters. The van der Waals surface area contributed by atoms with Gasteiger partial charge < -0.3 is 0 Å². The summed E-state index contributed by atoms with van der Waals surface area (Å²) in [6.45, 7) is 5.60. The van der Waals surface area contributed by atoms with Gasteiger partial charge in [0.15, 0.2) is 0 Å². The Morgan fingerprint density at radius 2 is 1.47 bits per heavy atom. The first-order valence-electron chi connectivity index (χ1n) is 3.51. The summed E-state index contributed by atoms with van der Waals surface area (Å²) in [7, 11) is 0. The first-order chi connectivity index (χ1) is 7.08. The lowest BCUT2D eigenvalue weighted by molar-refractivity contribution is 1.07. The summed E-state index contributed by atoms with van der Waals surface area (Å²) in [6, 6.07) is 0. The molecule has 78 valence electrons. The molecule has 15 heavy (non-hydrogen) atoms. The molecule has 0 spiro atoms. The van der Waals surface area contributed by atoms with Gasteiger partial charge in [-0.05, 0) is 0 Å². The Kier molecular flexibility index (Phi) is 3.10. The Bertz CT molecular complexity index is 669. The Morgan fingerprint density at radius 1 is 1.00 bits per heavy atom. The van der Waals surface area contributed by atoms with E-state index in [0.29, 0.717) is 0 Å². The summed E-state index contributed by atoms with van der Waals surface area (Å²) in [5, 5.41) is 0. The summed E-state index contributed by atoms with van der Waals surface area (Å²) in [5.74, 6) is 0. The van der Waals surface area contributed by atoms with Crippen molar-refractivity contribution in [2.24, 2.45) is 0 Å². The minimum atomic E-state index is -0.650. The second-order valence-corrected chi connectivity index (χ2v) is 2.49. The molecular formula is C6H4ClN5O3. The van der Waals surface area contributed by atoms with Crippen LogP contribution >= 0.6 is 11.8 Å². The van der Waals surface area contributed by atoms with Gasteiger partial charge in [-0.3, -0.25) is 24.7 Å². The van der Waals surface area contributed by atoms with E-state index in [0.717, 1.165) is 0 Å². The van der Waals surface area contributed by atoms with E-state index in [4.69, 9.17) is 6.57 Å². The number of H-pyrrole nitrogens is 4. The summed E-state index contributed by atoms with van der Waals surface area (Å²) in [4.78, 5) is 41.0. The van der Waals surface area contributed by atoms with Gasteiger partial charge in [-0.15, -0.1) is 0 Å². The summed E-state index contributed by atoms with van der Waals surface area (Å²) in [6.07, 6.45) is 0. The SMILES string of the molecule is O=c1[nH]c(=O)c2[nH]c(=O)[nH]c2[nH]1.[C-]#[N+]Cl. The minimum absolute atomic E-state index is 0.0413. The standard InChI is InChI=1S/C5H4N4O3.CClN/c10-3-1-2(7-4(11)6-1)8-5(12)9-3;1-3-2/h(H4,6,7,8,9,10,11,12);. The number of nitrogens with one attached hydrogen (secondary N) is 4. The van der Waals surface area contributed by atoms with Crippen molar-refractivity contribution >= 4 is 22.9 Å². The van der Waals surface area contributed by atoms with E-state index in [1.165, 1.54) is 0 Å². The summed E-state index contributed by atoms with van der Waals surface area (Å²) >= 11 is 4.29. The number of nitrogens with zero attached hydrogens (tertiary/aromatic N) is 1. The Labute approximate surface area is 85.9 Å². The van der Waals surface area contributed by atoms with Crippen LogP contribution in [0, 0.1) is 6.57 Å². The van der Waals surface area contributed by atoms with Gasteiger partial charge in [-0.25, -0.2) is 9.59 Å². The van der Waals surface area contributed by atoms with E-state index in [2.05, 4.69) is 31.1 Å². The molecule has 0 aromatic carbocycles. The molecule has 8 nitrogen and oxygen atoms in total. The second kappa shape index (κ2) is 4.30. The molecule has 0 radical (unpaired) electrons. The topological polar surface area (TPSA) is 119 Å². The molecule has 0 aliphatic heterocycles. The highest BCUT2D eigenvalue weighted by Gasteiger charge is 2.02. The van der Waals surface area contributed by atoms with Crippen LogP contribution in [-0.2, 0) is 0 Å². The van der Waals surface area contributed by atoms with Crippen molar-refractivity contribution in [3.05, 3.63) is 42.3 Å². The van der Waals surface area contributed by atoms with Gasteiger partial charge in [0.05, 0.1) is 0 Å². The molecule has 2 rings (SSSR count). The van der Waals surface area contributed by atoms with Crippen LogP contribution in [-0.4, -0.2) is 19.9 Å². The number of fused-ring (bicyclic) bond motifs is 1. The number of rotatable bonds is 0. The van der Waals surface area contributed by atoms with Crippen LogP contribution in [0.3, 0.4) is 0 Å². The largest absolute Gasteiger partial charge is 0.372 e. The predicted molar refractivity (Wildman–Crippen MR) is 52.6 cm³/mol. The third kappa shape index (κ3) is 2.35. The van der Waals surface area contributed by atoms with E-state index in [1.807, 2.05) is 4.98 Å². The molecule has 0 aliphatic carbocycles. The van der Waals surface area contributed by atoms with Crippen molar-refractivity contribution in [1.82, 2.24) is 19.9 Å². The summed E-state index contributed by atoms with van der Waals surface area (Å²) in [5.41, 5.74) is -1.65. The van der Waals surface area contributed by atoms with Crippen LogP contribution in [0.1, 0.15) is 0 Å². The van der Waals surface area contributed by atoms with Crippen LogP contribution in [0.2, 0.25) is 0 Å². The second-order valence-electron chi connectivity index (χ2n) is 2.32. The zero-order chi connectivity index (χ0) is 11.4.